The van der Waals surface area contributed by atoms with E-state index < -0.39 is 0 Å². The number of rotatable bonds is 3. The van der Waals surface area contributed by atoms with E-state index in [4.69, 9.17) is 18.0 Å². The Kier molecular flexibility index (Phi) is 4.94. The molecule has 2 rings (SSSR count). The van der Waals surface area contributed by atoms with Crippen LogP contribution in [0.1, 0.15) is 0 Å². The molecule has 4 nitrogen and oxygen atoms in total. The maximum atomic E-state index is 5.56. The van der Waals surface area contributed by atoms with Gasteiger partial charge in [-0.2, -0.15) is 0 Å². The van der Waals surface area contributed by atoms with Gasteiger partial charge in [0.1, 0.15) is 5.82 Å². The summed E-state index contributed by atoms with van der Waals surface area (Å²) in [6.45, 7) is 4.51. The lowest BCUT2D eigenvalue weighted by atomic mass is 10.3. The molecule has 0 atom stereocenters. The van der Waals surface area contributed by atoms with Gasteiger partial charge in [-0.15, -0.1) is 0 Å². The number of piperazine rings is 1. The highest BCUT2D eigenvalue weighted by Gasteiger charge is 2.19. The van der Waals surface area contributed by atoms with Gasteiger partial charge in [-0.05, 0) is 37.9 Å². The lowest BCUT2D eigenvalue weighted by Gasteiger charge is -2.35. The number of hydrogen-bond acceptors (Lipinski definition) is 4. The van der Waals surface area contributed by atoms with Crippen molar-refractivity contribution in [3.8, 4) is 0 Å². The van der Waals surface area contributed by atoms with Crippen LogP contribution in [-0.4, -0.2) is 47.6 Å². The molecule has 0 saturated carbocycles. The second-order valence-corrected chi connectivity index (χ2v) is 6.48. The van der Waals surface area contributed by atoms with Gasteiger partial charge >= 0.3 is 0 Å². The average molecular weight is 394 g/mol. The van der Waals surface area contributed by atoms with E-state index in [0.29, 0.717) is 11.5 Å². The van der Waals surface area contributed by atoms with Crippen LogP contribution in [0.15, 0.2) is 21.2 Å². The molecule has 1 aromatic heterocycles. The van der Waals surface area contributed by atoms with E-state index >= 15 is 0 Å². The first-order valence-electron chi connectivity index (χ1n) is 5.63. The minimum Gasteiger partial charge on any atom is -0.392 e. The van der Waals surface area contributed by atoms with Gasteiger partial charge in [0, 0.05) is 43.4 Å². The summed E-state index contributed by atoms with van der Waals surface area (Å²) in [7, 11) is 0. The van der Waals surface area contributed by atoms with Crippen LogP contribution in [0.3, 0.4) is 0 Å². The Morgan fingerprint density at radius 1 is 1.33 bits per heavy atom. The second-order valence-electron chi connectivity index (χ2n) is 4.19. The Labute approximate surface area is 129 Å². The third-order valence-corrected chi connectivity index (χ3v) is 3.99. The summed E-state index contributed by atoms with van der Waals surface area (Å²) in [5.74, 6) is 0.994. The maximum Gasteiger partial charge on any atom is 0.143 e. The van der Waals surface area contributed by atoms with Crippen molar-refractivity contribution in [1.82, 2.24) is 9.88 Å². The van der Waals surface area contributed by atoms with Gasteiger partial charge < -0.3 is 10.6 Å². The number of halogens is 2. The lowest BCUT2D eigenvalue weighted by molar-refractivity contribution is 0.291. The minimum atomic E-state index is 0.561. The molecule has 98 valence electrons. The van der Waals surface area contributed by atoms with Crippen molar-refractivity contribution >= 4 is 54.9 Å². The molecule has 1 aliphatic heterocycles. The summed E-state index contributed by atoms with van der Waals surface area (Å²) in [4.78, 5) is 9.55. The molecule has 0 unspecified atom stereocenters. The van der Waals surface area contributed by atoms with E-state index in [0.717, 1.165) is 40.9 Å². The van der Waals surface area contributed by atoms with Crippen molar-refractivity contribution in [1.29, 1.82) is 0 Å². The second kappa shape index (κ2) is 6.27. The van der Waals surface area contributed by atoms with Gasteiger partial charge in [0.15, 0.2) is 0 Å². The van der Waals surface area contributed by atoms with Gasteiger partial charge in [0.2, 0.25) is 0 Å². The molecule has 1 fully saturated rings. The molecule has 2 N–H and O–H groups in total. The lowest BCUT2D eigenvalue weighted by Crippen LogP contribution is -2.48. The summed E-state index contributed by atoms with van der Waals surface area (Å²) >= 11 is 11.9. The Balaban J connectivity index is 1.99. The molecular formula is C11H14Br2N4S. The minimum absolute atomic E-state index is 0.561. The summed E-state index contributed by atoms with van der Waals surface area (Å²) in [5, 5.41) is 0. The van der Waals surface area contributed by atoms with E-state index in [-0.39, 0.29) is 0 Å². The van der Waals surface area contributed by atoms with Crippen LogP contribution in [0.2, 0.25) is 0 Å². The molecule has 7 heteroatoms. The smallest absolute Gasteiger partial charge is 0.143 e. The summed E-state index contributed by atoms with van der Waals surface area (Å²) < 4.78 is 1.99. The number of anilines is 1. The monoisotopic (exact) mass is 392 g/mol. The molecule has 1 saturated heterocycles. The Morgan fingerprint density at radius 3 is 2.56 bits per heavy atom. The quantitative estimate of drug-likeness (QED) is 0.796. The fourth-order valence-corrected chi connectivity index (χ4v) is 3.40. The van der Waals surface area contributed by atoms with Crippen molar-refractivity contribution in [2.75, 3.05) is 37.6 Å². The van der Waals surface area contributed by atoms with Crippen molar-refractivity contribution in [2.45, 2.75) is 0 Å². The average Bonchev–Trinajstić information content (AvgIpc) is 2.30. The molecule has 0 radical (unpaired) electrons. The first kappa shape index (κ1) is 14.2. The summed E-state index contributed by atoms with van der Waals surface area (Å²) in [5.41, 5.74) is 5.56. The van der Waals surface area contributed by atoms with Crippen LogP contribution in [0.4, 0.5) is 5.82 Å². The van der Waals surface area contributed by atoms with E-state index in [1.54, 1.807) is 0 Å². The molecule has 18 heavy (non-hydrogen) atoms. The standard InChI is InChI=1S/C11H14Br2N4S/c12-8-5-9(13)11(15-6-8)17-3-1-16(2-4-17)7-10(14)18/h5-6H,1-4,7H2,(H2,14,18). The first-order chi connectivity index (χ1) is 8.56. The van der Waals surface area contributed by atoms with Gasteiger partial charge in [0.25, 0.3) is 0 Å². The molecule has 0 aliphatic carbocycles. The van der Waals surface area contributed by atoms with Crippen LogP contribution in [0.5, 0.6) is 0 Å². The topological polar surface area (TPSA) is 45.4 Å². The van der Waals surface area contributed by atoms with Crippen LogP contribution in [0, 0.1) is 0 Å². The number of hydrogen-bond donors (Lipinski definition) is 1. The molecule has 0 aromatic carbocycles. The predicted octanol–water partition coefficient (Wildman–Crippen LogP) is 2.01. The molecule has 2 heterocycles. The molecule has 1 aromatic rings. The Bertz CT molecular complexity index is 447. The summed E-state index contributed by atoms with van der Waals surface area (Å²) in [6, 6.07) is 2.02. The van der Waals surface area contributed by atoms with E-state index in [2.05, 4.69) is 46.6 Å². The predicted molar refractivity (Wildman–Crippen MR) is 85.1 cm³/mol. The fourth-order valence-electron chi connectivity index (χ4n) is 1.98. The summed E-state index contributed by atoms with van der Waals surface area (Å²) in [6.07, 6.45) is 1.82. The van der Waals surface area contributed by atoms with E-state index in [9.17, 15) is 0 Å². The number of pyridine rings is 1. The van der Waals surface area contributed by atoms with E-state index in [1.165, 1.54) is 0 Å². The third-order valence-electron chi connectivity index (χ3n) is 2.84. The van der Waals surface area contributed by atoms with Crippen LogP contribution in [-0.2, 0) is 0 Å². The normalized spacial score (nSPS) is 16.9. The van der Waals surface area contributed by atoms with Gasteiger partial charge in [-0.25, -0.2) is 4.98 Å². The number of aromatic nitrogens is 1. The SMILES string of the molecule is NC(=S)CN1CCN(c2ncc(Br)cc2Br)CC1. The highest BCUT2D eigenvalue weighted by atomic mass is 79.9. The molecular weight excluding hydrogens is 380 g/mol. The van der Waals surface area contributed by atoms with Crippen molar-refractivity contribution in [3.05, 3.63) is 21.2 Å². The van der Waals surface area contributed by atoms with Crippen LogP contribution < -0.4 is 10.6 Å². The van der Waals surface area contributed by atoms with Gasteiger partial charge in [0.05, 0.1) is 9.46 Å². The number of thiocarbonyl (C=S) groups is 1. The molecule has 0 amide bonds. The number of nitrogens with two attached hydrogens (primary N) is 1. The number of nitrogens with zero attached hydrogens (tertiary/aromatic N) is 3. The van der Waals surface area contributed by atoms with Crippen molar-refractivity contribution < 1.29 is 0 Å². The zero-order valence-electron chi connectivity index (χ0n) is 9.77. The zero-order valence-corrected chi connectivity index (χ0v) is 13.8. The largest absolute Gasteiger partial charge is 0.392 e. The Hall–Kier alpha value is -0.240. The molecule has 0 bridgehead atoms. The van der Waals surface area contributed by atoms with Crippen LogP contribution >= 0.6 is 44.1 Å². The highest BCUT2D eigenvalue weighted by Crippen LogP contribution is 2.27. The third kappa shape index (κ3) is 3.63. The Morgan fingerprint density at radius 2 is 2.00 bits per heavy atom. The highest BCUT2D eigenvalue weighted by molar-refractivity contribution is 9.11. The van der Waals surface area contributed by atoms with Crippen molar-refractivity contribution in [2.24, 2.45) is 5.73 Å². The van der Waals surface area contributed by atoms with E-state index in [1.807, 2.05) is 12.3 Å². The molecule has 1 aliphatic rings. The molecule has 0 spiro atoms. The van der Waals surface area contributed by atoms with Gasteiger partial charge in [-0.3, -0.25) is 4.90 Å². The fraction of sp³-hybridized carbons (Fsp3) is 0.455. The zero-order chi connectivity index (χ0) is 13.1. The van der Waals surface area contributed by atoms with Crippen molar-refractivity contribution in [3.63, 3.8) is 0 Å². The maximum absolute atomic E-state index is 5.56. The van der Waals surface area contributed by atoms with Gasteiger partial charge in [-0.1, -0.05) is 12.2 Å². The first-order valence-corrected chi connectivity index (χ1v) is 7.62. The van der Waals surface area contributed by atoms with Crippen LogP contribution in [0.25, 0.3) is 0 Å².